The van der Waals surface area contributed by atoms with Crippen LogP contribution in [0.1, 0.15) is 0 Å². The van der Waals surface area contributed by atoms with Crippen LogP contribution in [0.2, 0.25) is 0 Å². The fourth-order valence-corrected chi connectivity index (χ4v) is 0.723. The number of rotatable bonds is 2. The van der Waals surface area contributed by atoms with Crippen molar-refractivity contribution in [3.8, 4) is 0 Å². The Labute approximate surface area is 59.0 Å². The molecule has 0 aliphatic carbocycles. The van der Waals surface area contributed by atoms with Gasteiger partial charge in [0.1, 0.15) is 6.67 Å². The van der Waals surface area contributed by atoms with E-state index < -0.39 is 0 Å². The number of nitrogens with two attached hydrogens (primary N) is 1. The molecule has 0 saturated heterocycles. The monoisotopic (exact) mass is 139 g/mol. The second kappa shape index (κ2) is 3.00. The van der Waals surface area contributed by atoms with E-state index in [4.69, 9.17) is 5.73 Å². The molecule has 0 bridgehead atoms. The maximum atomic E-state index is 10.4. The van der Waals surface area contributed by atoms with E-state index in [1.54, 1.807) is 23.4 Å². The topological polar surface area (TPSA) is 58.7 Å². The van der Waals surface area contributed by atoms with Crippen molar-refractivity contribution in [3.63, 3.8) is 0 Å². The van der Waals surface area contributed by atoms with Gasteiger partial charge in [-0.25, -0.2) is 0 Å². The molecule has 10 heavy (non-hydrogen) atoms. The normalized spacial score (nSPS) is 15.8. The van der Waals surface area contributed by atoms with Crippen molar-refractivity contribution in [1.29, 1.82) is 0 Å². The van der Waals surface area contributed by atoms with Crippen LogP contribution in [-0.2, 0) is 4.79 Å². The number of primary amides is 1. The van der Waals surface area contributed by atoms with Crippen molar-refractivity contribution in [3.05, 3.63) is 12.3 Å². The van der Waals surface area contributed by atoms with Gasteiger partial charge in [-0.1, -0.05) is 0 Å². The van der Waals surface area contributed by atoms with E-state index in [1.165, 1.54) is 0 Å². The lowest BCUT2D eigenvalue weighted by Crippen LogP contribution is -2.30. The van der Waals surface area contributed by atoms with Crippen LogP contribution in [0.5, 0.6) is 0 Å². The van der Waals surface area contributed by atoms with Gasteiger partial charge in [-0.2, -0.15) is 0 Å². The summed E-state index contributed by atoms with van der Waals surface area (Å²) < 4.78 is 0. The van der Waals surface area contributed by atoms with E-state index in [9.17, 15) is 4.79 Å². The molecular formula is C6H9N3O. The summed E-state index contributed by atoms with van der Waals surface area (Å²) in [6.07, 6.45) is 5.25. The number of hydrogen-bond acceptors (Lipinski definition) is 3. The SMILES string of the molecule is NC(=O)CN1C=CC=NC1. The maximum Gasteiger partial charge on any atom is 0.236 e. The number of carbonyl (C=O) groups is 1. The first kappa shape index (κ1) is 6.80. The molecule has 54 valence electrons. The van der Waals surface area contributed by atoms with Gasteiger partial charge in [-0.15, -0.1) is 0 Å². The van der Waals surface area contributed by atoms with Gasteiger partial charge in [-0.05, 0) is 6.08 Å². The highest BCUT2D eigenvalue weighted by Crippen LogP contribution is 1.92. The molecule has 0 radical (unpaired) electrons. The molecule has 0 spiro atoms. The third kappa shape index (κ3) is 1.89. The first-order valence-electron chi connectivity index (χ1n) is 2.98. The number of aliphatic imine (C=N–C) groups is 1. The van der Waals surface area contributed by atoms with Crippen LogP contribution < -0.4 is 5.73 Å². The number of nitrogens with zero attached hydrogens (tertiary/aromatic N) is 2. The summed E-state index contributed by atoms with van der Waals surface area (Å²) in [4.78, 5) is 16.0. The molecule has 0 aromatic heterocycles. The fourth-order valence-electron chi connectivity index (χ4n) is 0.723. The molecule has 1 aliphatic rings. The summed E-state index contributed by atoms with van der Waals surface area (Å²) in [5.74, 6) is -0.332. The molecule has 4 nitrogen and oxygen atoms in total. The first-order valence-corrected chi connectivity index (χ1v) is 2.98. The molecule has 1 rings (SSSR count). The molecule has 1 amide bonds. The van der Waals surface area contributed by atoms with Gasteiger partial charge < -0.3 is 10.6 Å². The summed E-state index contributed by atoms with van der Waals surface area (Å²) in [7, 11) is 0. The zero-order valence-corrected chi connectivity index (χ0v) is 5.53. The lowest BCUT2D eigenvalue weighted by Gasteiger charge is -2.16. The average molecular weight is 139 g/mol. The smallest absolute Gasteiger partial charge is 0.236 e. The van der Waals surface area contributed by atoms with E-state index in [-0.39, 0.29) is 12.5 Å². The summed E-state index contributed by atoms with van der Waals surface area (Å²) in [6, 6.07) is 0. The third-order valence-electron chi connectivity index (χ3n) is 1.11. The Morgan fingerprint density at radius 3 is 3.10 bits per heavy atom. The van der Waals surface area contributed by atoms with Crippen molar-refractivity contribution < 1.29 is 4.79 Å². The van der Waals surface area contributed by atoms with Crippen LogP contribution in [0.25, 0.3) is 0 Å². The van der Waals surface area contributed by atoms with Crippen molar-refractivity contribution in [2.24, 2.45) is 10.7 Å². The van der Waals surface area contributed by atoms with E-state index >= 15 is 0 Å². The molecule has 0 unspecified atom stereocenters. The van der Waals surface area contributed by atoms with Crippen molar-refractivity contribution >= 4 is 12.1 Å². The van der Waals surface area contributed by atoms with Gasteiger partial charge >= 0.3 is 0 Å². The minimum absolute atomic E-state index is 0.244. The lowest BCUT2D eigenvalue weighted by molar-refractivity contribution is -0.118. The van der Waals surface area contributed by atoms with Gasteiger partial charge in [0.2, 0.25) is 5.91 Å². The van der Waals surface area contributed by atoms with Gasteiger partial charge in [0.15, 0.2) is 0 Å². The minimum Gasteiger partial charge on any atom is -0.368 e. The Hall–Kier alpha value is -1.32. The van der Waals surface area contributed by atoms with Crippen molar-refractivity contribution in [2.75, 3.05) is 13.2 Å². The fraction of sp³-hybridized carbons (Fsp3) is 0.333. The van der Waals surface area contributed by atoms with Gasteiger partial charge in [0.05, 0.1) is 6.54 Å². The zero-order chi connectivity index (χ0) is 7.40. The van der Waals surface area contributed by atoms with Crippen LogP contribution >= 0.6 is 0 Å². The molecular weight excluding hydrogens is 130 g/mol. The number of hydrogen-bond donors (Lipinski definition) is 1. The molecule has 4 heteroatoms. The lowest BCUT2D eigenvalue weighted by atomic mass is 10.5. The quantitative estimate of drug-likeness (QED) is 0.551. The predicted octanol–water partition coefficient (Wildman–Crippen LogP) is -0.671. The number of amides is 1. The number of allylic oxidation sites excluding steroid dienone is 1. The predicted molar refractivity (Wildman–Crippen MR) is 38.4 cm³/mol. The van der Waals surface area contributed by atoms with E-state index in [0.29, 0.717) is 6.67 Å². The zero-order valence-electron chi connectivity index (χ0n) is 5.53. The molecule has 0 aromatic carbocycles. The van der Waals surface area contributed by atoms with Crippen molar-refractivity contribution in [1.82, 2.24) is 4.90 Å². The van der Waals surface area contributed by atoms with E-state index in [2.05, 4.69) is 4.99 Å². The summed E-state index contributed by atoms with van der Waals surface area (Å²) in [5.41, 5.74) is 4.96. The second-order valence-corrected chi connectivity index (χ2v) is 2.03. The van der Waals surface area contributed by atoms with E-state index in [0.717, 1.165) is 0 Å². The summed E-state index contributed by atoms with van der Waals surface area (Å²) in [6.45, 7) is 0.771. The second-order valence-electron chi connectivity index (χ2n) is 2.03. The Balaban J connectivity index is 2.37. The molecule has 1 aliphatic heterocycles. The Bertz CT molecular complexity index is 185. The van der Waals surface area contributed by atoms with Crippen LogP contribution in [0.15, 0.2) is 17.3 Å². The Morgan fingerprint density at radius 1 is 1.80 bits per heavy atom. The third-order valence-corrected chi connectivity index (χ3v) is 1.11. The maximum absolute atomic E-state index is 10.4. The summed E-state index contributed by atoms with van der Waals surface area (Å²) >= 11 is 0. The Kier molecular flexibility index (Phi) is 2.04. The van der Waals surface area contributed by atoms with Crippen LogP contribution in [0.4, 0.5) is 0 Å². The molecule has 0 saturated carbocycles. The first-order chi connectivity index (χ1) is 4.79. The average Bonchev–Trinajstić information content (AvgIpc) is 1.88. The highest BCUT2D eigenvalue weighted by atomic mass is 16.1. The number of carbonyl (C=O) groups excluding carboxylic acids is 1. The van der Waals surface area contributed by atoms with Crippen molar-refractivity contribution in [2.45, 2.75) is 0 Å². The van der Waals surface area contributed by atoms with E-state index in [1.807, 2.05) is 0 Å². The molecule has 1 heterocycles. The standard InChI is InChI=1S/C6H9N3O/c7-6(10)4-9-3-1-2-8-5-9/h1-3H,4-5H2,(H2,7,10). The highest BCUT2D eigenvalue weighted by molar-refractivity contribution is 5.77. The molecule has 0 aromatic rings. The molecule has 2 N–H and O–H groups in total. The molecule has 0 fully saturated rings. The van der Waals surface area contributed by atoms with Crippen LogP contribution in [0, 0.1) is 0 Å². The van der Waals surface area contributed by atoms with Gasteiger partial charge in [0, 0.05) is 12.4 Å². The van der Waals surface area contributed by atoms with Crippen LogP contribution in [0.3, 0.4) is 0 Å². The highest BCUT2D eigenvalue weighted by Gasteiger charge is 2.02. The van der Waals surface area contributed by atoms with Gasteiger partial charge in [-0.3, -0.25) is 9.79 Å². The minimum atomic E-state index is -0.332. The molecule has 0 atom stereocenters. The van der Waals surface area contributed by atoms with Gasteiger partial charge in [0.25, 0.3) is 0 Å². The summed E-state index contributed by atoms with van der Waals surface area (Å²) in [5, 5.41) is 0. The van der Waals surface area contributed by atoms with Crippen LogP contribution in [-0.4, -0.2) is 30.2 Å². The Morgan fingerprint density at radius 2 is 2.60 bits per heavy atom. The largest absolute Gasteiger partial charge is 0.368 e.